The Bertz CT molecular complexity index is 1030. The predicted molar refractivity (Wildman–Crippen MR) is 104 cm³/mol. The monoisotopic (exact) mass is 374 g/mol. The van der Waals surface area contributed by atoms with Crippen LogP contribution in [-0.2, 0) is 4.79 Å². The van der Waals surface area contributed by atoms with Crippen LogP contribution < -0.4 is 5.32 Å². The molecule has 6 nitrogen and oxygen atoms in total. The maximum atomic E-state index is 12.8. The van der Waals surface area contributed by atoms with Gasteiger partial charge in [0.2, 0.25) is 5.91 Å². The SMILES string of the molecule is O=C(CN1C(=O)c2cccc3cccc(c23)C1=O)NC[C@@H](O)c1ccccc1. The average Bonchev–Trinajstić information content (AvgIpc) is 2.73. The van der Waals surface area contributed by atoms with E-state index in [1.54, 1.807) is 48.5 Å². The van der Waals surface area contributed by atoms with Gasteiger partial charge in [-0.05, 0) is 23.1 Å². The summed E-state index contributed by atoms with van der Waals surface area (Å²) in [6.07, 6.45) is -0.868. The molecule has 28 heavy (non-hydrogen) atoms. The number of aliphatic hydroxyl groups excluding tert-OH is 1. The zero-order valence-electron chi connectivity index (χ0n) is 15.0. The number of carbonyl (C=O) groups excluding carboxylic acids is 3. The second-order valence-electron chi connectivity index (χ2n) is 6.64. The highest BCUT2D eigenvalue weighted by Gasteiger charge is 2.33. The Morgan fingerprint density at radius 2 is 1.50 bits per heavy atom. The molecule has 0 saturated carbocycles. The van der Waals surface area contributed by atoms with Gasteiger partial charge in [0.15, 0.2) is 0 Å². The number of imide groups is 1. The van der Waals surface area contributed by atoms with E-state index in [2.05, 4.69) is 5.32 Å². The Hall–Kier alpha value is -3.51. The Kier molecular flexibility index (Phi) is 4.63. The van der Waals surface area contributed by atoms with Gasteiger partial charge in [0.05, 0.1) is 6.10 Å². The molecule has 0 unspecified atom stereocenters. The molecule has 0 radical (unpaired) electrons. The predicted octanol–water partition coefficient (Wildman–Crippen LogP) is 2.29. The number of carbonyl (C=O) groups is 3. The van der Waals surface area contributed by atoms with E-state index in [-0.39, 0.29) is 6.54 Å². The van der Waals surface area contributed by atoms with Crippen molar-refractivity contribution in [1.29, 1.82) is 0 Å². The van der Waals surface area contributed by atoms with Crippen LogP contribution >= 0.6 is 0 Å². The van der Waals surface area contributed by atoms with Crippen LogP contribution in [0.25, 0.3) is 10.8 Å². The fraction of sp³-hybridized carbons (Fsp3) is 0.136. The third-order valence-corrected chi connectivity index (χ3v) is 4.83. The van der Waals surface area contributed by atoms with Crippen molar-refractivity contribution in [3.05, 3.63) is 83.4 Å². The summed E-state index contributed by atoms with van der Waals surface area (Å²) in [5, 5.41) is 14.2. The summed E-state index contributed by atoms with van der Waals surface area (Å²) >= 11 is 0. The van der Waals surface area contributed by atoms with Crippen LogP contribution in [0.2, 0.25) is 0 Å². The maximum absolute atomic E-state index is 12.8. The summed E-state index contributed by atoms with van der Waals surface area (Å²) in [5.74, 6) is -1.50. The van der Waals surface area contributed by atoms with Crippen molar-refractivity contribution < 1.29 is 19.5 Å². The molecule has 140 valence electrons. The number of hydrogen-bond acceptors (Lipinski definition) is 4. The molecule has 3 aromatic rings. The van der Waals surface area contributed by atoms with Crippen molar-refractivity contribution in [2.75, 3.05) is 13.1 Å². The van der Waals surface area contributed by atoms with Crippen molar-refractivity contribution in [3.8, 4) is 0 Å². The van der Waals surface area contributed by atoms with E-state index in [0.717, 1.165) is 10.3 Å². The lowest BCUT2D eigenvalue weighted by Crippen LogP contribution is -2.46. The Morgan fingerprint density at radius 3 is 2.11 bits per heavy atom. The standard InChI is InChI=1S/C22H18N2O4/c25-18(14-6-2-1-3-7-14)12-23-19(26)13-24-21(27)16-10-4-8-15-9-5-11-17(20(15)16)22(24)28/h1-11,18,25H,12-13H2,(H,23,26)/t18-/m1/s1. The number of hydrogen-bond donors (Lipinski definition) is 2. The number of nitrogens with one attached hydrogen (secondary N) is 1. The van der Waals surface area contributed by atoms with Crippen LogP contribution in [-0.4, -0.2) is 40.8 Å². The van der Waals surface area contributed by atoms with Crippen molar-refractivity contribution in [1.82, 2.24) is 10.2 Å². The minimum absolute atomic E-state index is 0.00869. The molecule has 3 amide bonds. The molecule has 4 rings (SSSR count). The van der Waals surface area contributed by atoms with Gasteiger partial charge in [-0.2, -0.15) is 0 Å². The maximum Gasteiger partial charge on any atom is 0.261 e. The molecule has 1 aliphatic rings. The van der Waals surface area contributed by atoms with Crippen LogP contribution in [0.15, 0.2) is 66.7 Å². The molecule has 0 aliphatic carbocycles. The van der Waals surface area contributed by atoms with E-state index in [1.807, 2.05) is 18.2 Å². The van der Waals surface area contributed by atoms with E-state index >= 15 is 0 Å². The topological polar surface area (TPSA) is 86.7 Å². The van der Waals surface area contributed by atoms with Gasteiger partial charge in [0.25, 0.3) is 11.8 Å². The first-order valence-electron chi connectivity index (χ1n) is 8.94. The zero-order valence-corrected chi connectivity index (χ0v) is 15.0. The zero-order chi connectivity index (χ0) is 19.7. The number of amides is 3. The quantitative estimate of drug-likeness (QED) is 0.671. The first kappa shape index (κ1) is 17.9. The summed E-state index contributed by atoms with van der Waals surface area (Å²) in [4.78, 5) is 38.8. The minimum atomic E-state index is -0.868. The van der Waals surface area contributed by atoms with Gasteiger partial charge in [0.1, 0.15) is 6.54 Å². The van der Waals surface area contributed by atoms with E-state index in [4.69, 9.17) is 0 Å². The molecule has 6 heteroatoms. The lowest BCUT2D eigenvalue weighted by atomic mass is 9.94. The fourth-order valence-electron chi connectivity index (χ4n) is 3.43. The third kappa shape index (κ3) is 3.14. The summed E-state index contributed by atoms with van der Waals surface area (Å²) in [7, 11) is 0. The first-order valence-corrected chi connectivity index (χ1v) is 8.94. The van der Waals surface area contributed by atoms with Crippen LogP contribution in [0.5, 0.6) is 0 Å². The van der Waals surface area contributed by atoms with E-state index in [9.17, 15) is 19.5 Å². The van der Waals surface area contributed by atoms with Crippen molar-refractivity contribution >= 4 is 28.5 Å². The van der Waals surface area contributed by atoms with Gasteiger partial charge in [-0.1, -0.05) is 54.6 Å². The lowest BCUT2D eigenvalue weighted by molar-refractivity contribution is -0.121. The summed E-state index contributed by atoms with van der Waals surface area (Å²) in [6.45, 7) is -0.408. The van der Waals surface area contributed by atoms with Gasteiger partial charge < -0.3 is 10.4 Å². The van der Waals surface area contributed by atoms with Crippen LogP contribution in [0.1, 0.15) is 32.4 Å². The molecule has 1 aliphatic heterocycles. The molecule has 0 aromatic heterocycles. The second-order valence-corrected chi connectivity index (χ2v) is 6.64. The van der Waals surface area contributed by atoms with Gasteiger partial charge in [0, 0.05) is 23.1 Å². The average molecular weight is 374 g/mol. The van der Waals surface area contributed by atoms with E-state index < -0.39 is 30.4 Å². The number of rotatable bonds is 5. The Morgan fingerprint density at radius 1 is 0.893 bits per heavy atom. The highest BCUT2D eigenvalue weighted by atomic mass is 16.3. The van der Waals surface area contributed by atoms with Crippen molar-refractivity contribution in [3.63, 3.8) is 0 Å². The Labute approximate surface area is 161 Å². The van der Waals surface area contributed by atoms with Crippen LogP contribution in [0.4, 0.5) is 0 Å². The molecule has 3 aromatic carbocycles. The number of nitrogens with zero attached hydrogens (tertiary/aromatic N) is 1. The van der Waals surface area contributed by atoms with Crippen LogP contribution in [0.3, 0.4) is 0 Å². The van der Waals surface area contributed by atoms with Crippen molar-refractivity contribution in [2.24, 2.45) is 0 Å². The molecule has 1 atom stereocenters. The second kappa shape index (κ2) is 7.25. The normalized spacial score (nSPS) is 14.2. The third-order valence-electron chi connectivity index (χ3n) is 4.83. The molecule has 0 spiro atoms. The summed E-state index contributed by atoms with van der Waals surface area (Å²) in [5.41, 5.74) is 1.49. The van der Waals surface area contributed by atoms with Crippen LogP contribution in [0, 0.1) is 0 Å². The Balaban J connectivity index is 1.49. The van der Waals surface area contributed by atoms with Gasteiger partial charge in [-0.3, -0.25) is 19.3 Å². The fourth-order valence-corrected chi connectivity index (χ4v) is 3.43. The van der Waals surface area contributed by atoms with Gasteiger partial charge >= 0.3 is 0 Å². The van der Waals surface area contributed by atoms with E-state index in [0.29, 0.717) is 22.1 Å². The number of aliphatic hydroxyl groups is 1. The summed E-state index contributed by atoms with van der Waals surface area (Å²) < 4.78 is 0. The molecular weight excluding hydrogens is 356 g/mol. The molecule has 1 heterocycles. The first-order chi connectivity index (χ1) is 13.6. The van der Waals surface area contributed by atoms with Gasteiger partial charge in [-0.25, -0.2) is 0 Å². The molecule has 0 fully saturated rings. The molecule has 0 saturated heterocycles. The summed E-state index contributed by atoms with van der Waals surface area (Å²) in [6, 6.07) is 19.4. The van der Waals surface area contributed by atoms with Crippen molar-refractivity contribution in [2.45, 2.75) is 6.10 Å². The smallest absolute Gasteiger partial charge is 0.261 e. The minimum Gasteiger partial charge on any atom is -0.387 e. The van der Waals surface area contributed by atoms with E-state index in [1.165, 1.54) is 0 Å². The number of benzene rings is 3. The molecular formula is C22H18N2O4. The molecule has 2 N–H and O–H groups in total. The van der Waals surface area contributed by atoms with Gasteiger partial charge in [-0.15, -0.1) is 0 Å². The highest BCUT2D eigenvalue weighted by molar-refractivity contribution is 6.26. The lowest BCUT2D eigenvalue weighted by Gasteiger charge is -2.26. The largest absolute Gasteiger partial charge is 0.387 e. The highest BCUT2D eigenvalue weighted by Crippen LogP contribution is 2.29. The molecule has 0 bridgehead atoms.